The smallest absolute Gasteiger partial charge is 0.319 e. The van der Waals surface area contributed by atoms with Gasteiger partial charge >= 0.3 is 6.03 Å². The Balaban J connectivity index is 2.37. The third-order valence-corrected chi connectivity index (χ3v) is 3.61. The van der Waals surface area contributed by atoms with E-state index in [1.54, 1.807) is 11.8 Å². The number of hydrogen-bond acceptors (Lipinski definition) is 2. The van der Waals surface area contributed by atoms with Gasteiger partial charge in [-0.2, -0.15) is 0 Å². The van der Waals surface area contributed by atoms with Gasteiger partial charge in [-0.05, 0) is 25.7 Å². The summed E-state index contributed by atoms with van der Waals surface area (Å²) in [5, 5.41) is 8.45. The molecule has 1 aliphatic heterocycles. The van der Waals surface area contributed by atoms with E-state index < -0.39 is 0 Å². The van der Waals surface area contributed by atoms with Crippen molar-refractivity contribution in [1.82, 2.24) is 10.6 Å². The van der Waals surface area contributed by atoms with Crippen LogP contribution in [0.15, 0.2) is 11.1 Å². The van der Waals surface area contributed by atoms with Crippen molar-refractivity contribution in [3.63, 3.8) is 0 Å². The Morgan fingerprint density at radius 2 is 2.33 bits per heavy atom. The quantitative estimate of drug-likeness (QED) is 0.780. The van der Waals surface area contributed by atoms with Crippen molar-refractivity contribution < 1.29 is 4.79 Å². The highest BCUT2D eigenvalue weighted by molar-refractivity contribution is 8.03. The fourth-order valence-corrected chi connectivity index (χ4v) is 2.09. The molecule has 0 aromatic heterocycles. The van der Waals surface area contributed by atoms with Crippen LogP contribution in [0.1, 0.15) is 40.5 Å². The predicted molar refractivity (Wildman–Crippen MR) is 65.8 cm³/mol. The summed E-state index contributed by atoms with van der Waals surface area (Å²) >= 11 is 1.77. The van der Waals surface area contributed by atoms with Crippen LogP contribution in [0, 0.1) is 0 Å². The van der Waals surface area contributed by atoms with E-state index in [1.807, 2.05) is 19.3 Å². The Bertz CT molecular complexity index is 274. The Morgan fingerprint density at radius 1 is 1.67 bits per heavy atom. The number of urea groups is 1. The van der Waals surface area contributed by atoms with E-state index >= 15 is 0 Å². The summed E-state index contributed by atoms with van der Waals surface area (Å²) in [7, 11) is 0. The molecule has 1 rings (SSSR count). The molecule has 0 aromatic rings. The molecule has 0 aromatic carbocycles. The minimum absolute atomic E-state index is 0.0946. The van der Waals surface area contributed by atoms with Crippen LogP contribution in [0.2, 0.25) is 0 Å². The largest absolute Gasteiger partial charge is 0.333 e. The summed E-state index contributed by atoms with van der Waals surface area (Å²) in [5.74, 6) is 0. The maximum atomic E-state index is 11.6. The molecule has 0 saturated heterocycles. The highest BCUT2D eigenvalue weighted by Crippen LogP contribution is 2.27. The summed E-state index contributed by atoms with van der Waals surface area (Å²) in [6, 6.07) is -0.0946. The van der Waals surface area contributed by atoms with Crippen LogP contribution in [0.4, 0.5) is 4.79 Å². The first-order chi connectivity index (χ1) is 6.93. The number of hydrogen-bond donors (Lipinski definition) is 2. The molecule has 0 bridgehead atoms. The molecule has 0 radical (unpaired) electrons. The average molecular weight is 228 g/mol. The van der Waals surface area contributed by atoms with Crippen LogP contribution in [-0.2, 0) is 0 Å². The van der Waals surface area contributed by atoms with Gasteiger partial charge in [0.05, 0.1) is 0 Å². The second kappa shape index (κ2) is 4.92. The van der Waals surface area contributed by atoms with Crippen molar-refractivity contribution in [3.05, 3.63) is 11.1 Å². The lowest BCUT2D eigenvalue weighted by atomic mass is 10.0. The van der Waals surface area contributed by atoms with Gasteiger partial charge in [0.15, 0.2) is 0 Å². The van der Waals surface area contributed by atoms with E-state index in [1.165, 1.54) is 0 Å². The maximum absolute atomic E-state index is 11.6. The average Bonchev–Trinajstić information content (AvgIpc) is 2.50. The first-order valence-corrected chi connectivity index (χ1v) is 6.31. The maximum Gasteiger partial charge on any atom is 0.319 e. The molecule has 1 atom stereocenters. The van der Waals surface area contributed by atoms with Gasteiger partial charge in [0.2, 0.25) is 0 Å². The highest BCUT2D eigenvalue weighted by Gasteiger charge is 2.20. The number of allylic oxidation sites excluding steroid dienone is 1. The van der Waals surface area contributed by atoms with Crippen molar-refractivity contribution in [2.24, 2.45) is 0 Å². The molecule has 0 fully saturated rings. The van der Waals surface area contributed by atoms with Crippen LogP contribution in [0.25, 0.3) is 0 Å². The molecule has 0 saturated carbocycles. The summed E-state index contributed by atoms with van der Waals surface area (Å²) < 4.78 is 0. The number of thioether (sulfide) groups is 1. The van der Waals surface area contributed by atoms with Gasteiger partial charge < -0.3 is 10.6 Å². The minimum Gasteiger partial charge on any atom is -0.333 e. The Kier molecular flexibility index (Phi) is 4.08. The zero-order valence-corrected chi connectivity index (χ0v) is 10.7. The van der Waals surface area contributed by atoms with Crippen molar-refractivity contribution in [3.8, 4) is 0 Å². The van der Waals surface area contributed by atoms with Crippen LogP contribution < -0.4 is 10.6 Å². The first-order valence-electron chi connectivity index (χ1n) is 5.36. The summed E-state index contributed by atoms with van der Waals surface area (Å²) in [6.07, 6.45) is 1.87. The molecule has 4 heteroatoms. The van der Waals surface area contributed by atoms with Crippen molar-refractivity contribution in [2.75, 3.05) is 0 Å². The number of nitrogens with one attached hydrogen (secondary N) is 2. The Labute approximate surface area is 96.1 Å². The second-order valence-corrected chi connectivity index (χ2v) is 5.92. The molecule has 0 aliphatic carbocycles. The van der Waals surface area contributed by atoms with E-state index in [4.69, 9.17) is 0 Å². The summed E-state index contributed by atoms with van der Waals surface area (Å²) in [6.45, 7) is 8.26. The Morgan fingerprint density at radius 3 is 2.80 bits per heavy atom. The van der Waals surface area contributed by atoms with Gasteiger partial charge in [-0.25, -0.2) is 4.79 Å². The van der Waals surface area contributed by atoms with Crippen LogP contribution in [0.3, 0.4) is 0 Å². The molecule has 15 heavy (non-hydrogen) atoms. The predicted octanol–water partition coefficient (Wildman–Crippen LogP) is 2.84. The number of carbonyl (C=O) groups is 1. The summed E-state index contributed by atoms with van der Waals surface area (Å²) in [5.41, 5.74) is 0.888. The normalized spacial score (nSPS) is 21.1. The van der Waals surface area contributed by atoms with Gasteiger partial charge in [0.1, 0.15) is 0 Å². The number of rotatable bonds is 3. The van der Waals surface area contributed by atoms with Crippen LogP contribution >= 0.6 is 11.8 Å². The van der Waals surface area contributed by atoms with E-state index in [9.17, 15) is 4.79 Å². The van der Waals surface area contributed by atoms with E-state index in [-0.39, 0.29) is 11.6 Å². The molecule has 1 heterocycles. The molecule has 0 spiro atoms. The lowest BCUT2D eigenvalue weighted by Gasteiger charge is -2.24. The first kappa shape index (κ1) is 12.4. The van der Waals surface area contributed by atoms with Gasteiger partial charge in [-0.1, -0.05) is 13.8 Å². The van der Waals surface area contributed by atoms with Crippen molar-refractivity contribution in [2.45, 2.75) is 51.3 Å². The lowest BCUT2D eigenvalue weighted by Crippen LogP contribution is -2.47. The monoisotopic (exact) mass is 228 g/mol. The molecule has 3 nitrogen and oxygen atoms in total. The standard InChI is InChI=1S/C11H20N2OS/c1-5-11(3,4)13-10(14)12-9-6-8(2)15-7-9/h7-8H,5-6H2,1-4H3,(H2,12,13,14). The topological polar surface area (TPSA) is 41.1 Å². The molecular weight excluding hydrogens is 208 g/mol. The van der Waals surface area contributed by atoms with Gasteiger partial charge in [0.25, 0.3) is 0 Å². The fraction of sp³-hybridized carbons (Fsp3) is 0.727. The van der Waals surface area contributed by atoms with E-state index in [0.29, 0.717) is 5.25 Å². The Hall–Kier alpha value is -0.640. The third-order valence-electron chi connectivity index (χ3n) is 2.56. The fourth-order valence-electron chi connectivity index (χ4n) is 1.26. The number of amides is 2. The van der Waals surface area contributed by atoms with Crippen LogP contribution in [-0.4, -0.2) is 16.8 Å². The molecule has 86 valence electrons. The SMILES string of the molecule is CCC(C)(C)NC(=O)NC1=CSC(C)C1. The molecule has 1 aliphatic rings. The molecule has 1 unspecified atom stereocenters. The highest BCUT2D eigenvalue weighted by atomic mass is 32.2. The van der Waals surface area contributed by atoms with Gasteiger partial charge in [-0.3, -0.25) is 0 Å². The third kappa shape index (κ3) is 4.16. The zero-order valence-electron chi connectivity index (χ0n) is 9.89. The van der Waals surface area contributed by atoms with E-state index in [2.05, 4.69) is 24.5 Å². The second-order valence-electron chi connectivity index (χ2n) is 4.61. The minimum atomic E-state index is -0.137. The molecule has 2 N–H and O–H groups in total. The zero-order chi connectivity index (χ0) is 11.5. The number of carbonyl (C=O) groups excluding carboxylic acids is 1. The van der Waals surface area contributed by atoms with E-state index in [0.717, 1.165) is 18.5 Å². The summed E-state index contributed by atoms with van der Waals surface area (Å²) in [4.78, 5) is 11.6. The molecule has 2 amide bonds. The van der Waals surface area contributed by atoms with Crippen molar-refractivity contribution >= 4 is 17.8 Å². The lowest BCUT2D eigenvalue weighted by molar-refractivity contribution is 0.231. The van der Waals surface area contributed by atoms with Crippen LogP contribution in [0.5, 0.6) is 0 Å². The van der Waals surface area contributed by atoms with Gasteiger partial charge in [-0.15, -0.1) is 11.8 Å². The molecular formula is C11H20N2OS. The van der Waals surface area contributed by atoms with Crippen molar-refractivity contribution in [1.29, 1.82) is 0 Å². The van der Waals surface area contributed by atoms with Gasteiger partial charge in [0, 0.05) is 22.9 Å².